The highest BCUT2D eigenvalue weighted by atomic mass is 19.1. The second kappa shape index (κ2) is 4.87. The predicted molar refractivity (Wildman–Crippen MR) is 64.0 cm³/mol. The summed E-state index contributed by atoms with van der Waals surface area (Å²) < 4.78 is 20.7. The van der Waals surface area contributed by atoms with E-state index in [0.717, 1.165) is 4.57 Å². The topological polar surface area (TPSA) is 111 Å². The number of nitrogen functional groups attached to an aromatic ring is 1. The van der Waals surface area contributed by atoms with Crippen LogP contribution < -0.4 is 11.4 Å². The van der Waals surface area contributed by atoms with Crippen LogP contribution in [0.25, 0.3) is 0 Å². The van der Waals surface area contributed by atoms with Gasteiger partial charge < -0.3 is 20.7 Å². The van der Waals surface area contributed by atoms with Crippen molar-refractivity contribution >= 4 is 5.82 Å². The maximum atomic E-state index is 14.4. The minimum Gasteiger partial charge on any atom is -0.396 e. The molecule has 2 heterocycles. The van der Waals surface area contributed by atoms with Crippen LogP contribution in [0.5, 0.6) is 0 Å². The van der Waals surface area contributed by atoms with Crippen molar-refractivity contribution in [2.75, 3.05) is 18.9 Å². The molecule has 19 heavy (non-hydrogen) atoms. The van der Waals surface area contributed by atoms with Crippen molar-refractivity contribution in [3.05, 3.63) is 22.7 Å². The number of nitrogens with two attached hydrogens (primary N) is 1. The summed E-state index contributed by atoms with van der Waals surface area (Å²) in [6, 6.07) is 1.35. The number of halogens is 1. The molecule has 0 amide bonds. The number of rotatable bonds is 3. The zero-order chi connectivity index (χ0) is 14.2. The Bertz CT molecular complexity index is 523. The molecule has 0 saturated carbocycles. The molecule has 0 radical (unpaired) electrons. The van der Waals surface area contributed by atoms with E-state index < -0.39 is 42.8 Å². The van der Waals surface area contributed by atoms with Crippen LogP contribution in [-0.2, 0) is 4.74 Å². The smallest absolute Gasteiger partial charge is 0.351 e. The first-order valence-corrected chi connectivity index (χ1v) is 5.80. The highest BCUT2D eigenvalue weighted by Gasteiger charge is 2.54. The summed E-state index contributed by atoms with van der Waals surface area (Å²) in [6.07, 6.45) is -2.52. The molecule has 1 saturated heterocycles. The minimum absolute atomic E-state index is 0.0262. The molecule has 8 heteroatoms. The molecule has 1 aliphatic rings. The lowest BCUT2D eigenvalue weighted by atomic mass is 9.82. The molecule has 1 fully saturated rings. The zero-order valence-corrected chi connectivity index (χ0v) is 10.4. The third kappa shape index (κ3) is 2.11. The Labute approximate surface area is 108 Å². The first kappa shape index (κ1) is 13.9. The maximum absolute atomic E-state index is 14.4. The van der Waals surface area contributed by atoms with Crippen molar-refractivity contribution < 1.29 is 19.3 Å². The number of aliphatic hydroxyl groups excluding tert-OH is 2. The van der Waals surface area contributed by atoms with E-state index in [0.29, 0.717) is 0 Å². The van der Waals surface area contributed by atoms with Gasteiger partial charge in [-0.25, -0.2) is 9.18 Å². The van der Waals surface area contributed by atoms with Gasteiger partial charge in [-0.05, 0) is 6.07 Å². The first-order valence-electron chi connectivity index (χ1n) is 5.80. The Balaban J connectivity index is 2.39. The molecule has 0 aromatic carbocycles. The average molecular weight is 273 g/mol. The lowest BCUT2D eigenvalue weighted by Crippen LogP contribution is -2.41. The highest BCUT2D eigenvalue weighted by Crippen LogP contribution is 2.44. The fourth-order valence-electron chi connectivity index (χ4n) is 2.16. The first-order chi connectivity index (χ1) is 8.93. The molecular formula is C11H16FN3O4. The van der Waals surface area contributed by atoms with Gasteiger partial charge >= 0.3 is 5.69 Å². The molecule has 4 atom stereocenters. The van der Waals surface area contributed by atoms with Crippen LogP contribution in [0, 0.1) is 5.41 Å². The van der Waals surface area contributed by atoms with Crippen molar-refractivity contribution in [2.45, 2.75) is 25.4 Å². The number of anilines is 1. The van der Waals surface area contributed by atoms with Crippen LogP contribution in [0.4, 0.5) is 10.2 Å². The zero-order valence-electron chi connectivity index (χ0n) is 10.4. The summed E-state index contributed by atoms with van der Waals surface area (Å²) in [5.41, 5.74) is 3.33. The van der Waals surface area contributed by atoms with Gasteiger partial charge in [-0.1, -0.05) is 6.92 Å². The van der Waals surface area contributed by atoms with Crippen molar-refractivity contribution in [3.8, 4) is 0 Å². The van der Waals surface area contributed by atoms with Gasteiger partial charge in [0.05, 0.1) is 24.7 Å². The van der Waals surface area contributed by atoms with Crippen molar-refractivity contribution in [1.82, 2.24) is 9.55 Å². The number of alkyl halides is 1. The van der Waals surface area contributed by atoms with Gasteiger partial charge in [-0.2, -0.15) is 4.98 Å². The monoisotopic (exact) mass is 273 g/mol. The van der Waals surface area contributed by atoms with Gasteiger partial charge in [0.15, 0.2) is 12.4 Å². The fraction of sp³-hybridized carbons (Fsp3) is 0.636. The van der Waals surface area contributed by atoms with Gasteiger partial charge in [-0.3, -0.25) is 4.57 Å². The lowest BCUT2D eigenvalue weighted by Gasteiger charge is -2.27. The van der Waals surface area contributed by atoms with Crippen molar-refractivity contribution in [2.24, 2.45) is 5.41 Å². The van der Waals surface area contributed by atoms with E-state index in [4.69, 9.17) is 10.5 Å². The van der Waals surface area contributed by atoms with Gasteiger partial charge in [0.1, 0.15) is 5.82 Å². The molecule has 4 N–H and O–H groups in total. The van der Waals surface area contributed by atoms with Gasteiger partial charge in [0, 0.05) is 6.20 Å². The summed E-state index contributed by atoms with van der Waals surface area (Å²) in [5, 5.41) is 18.5. The summed E-state index contributed by atoms with van der Waals surface area (Å²) >= 11 is 0. The lowest BCUT2D eigenvalue weighted by molar-refractivity contribution is -0.0550. The molecule has 1 aromatic rings. The molecule has 1 aliphatic heterocycles. The highest BCUT2D eigenvalue weighted by molar-refractivity contribution is 5.23. The number of nitrogens with zero attached hydrogens (tertiary/aromatic N) is 2. The predicted octanol–water partition coefficient (Wildman–Crippen LogP) is -0.948. The Morgan fingerprint density at radius 3 is 2.79 bits per heavy atom. The van der Waals surface area contributed by atoms with E-state index >= 15 is 0 Å². The summed E-state index contributed by atoms with van der Waals surface area (Å²) in [7, 11) is 0. The second-order valence-electron chi connectivity index (χ2n) is 4.81. The number of aliphatic hydroxyl groups is 2. The second-order valence-corrected chi connectivity index (χ2v) is 4.81. The van der Waals surface area contributed by atoms with Gasteiger partial charge in [-0.15, -0.1) is 0 Å². The number of ether oxygens (including phenoxy) is 1. The third-order valence-electron chi connectivity index (χ3n) is 3.55. The maximum Gasteiger partial charge on any atom is 0.351 e. The largest absolute Gasteiger partial charge is 0.396 e. The molecule has 0 aliphatic carbocycles. The van der Waals surface area contributed by atoms with Crippen LogP contribution in [-0.4, -0.2) is 45.3 Å². The normalized spacial score (nSPS) is 34.6. The van der Waals surface area contributed by atoms with Crippen LogP contribution in [0.2, 0.25) is 0 Å². The van der Waals surface area contributed by atoms with Crippen LogP contribution >= 0.6 is 0 Å². The standard InChI is InChI=1S/C11H16FN3O4/c1-11(5-17)6(4-16)19-9(8(11)12)15-3-2-7(13)14-10(15)18/h2-3,6,8-9,16-17H,4-5H2,1H3,(H2,13,14,18)/t6-,8-,9+,11-/m1/s1. The van der Waals surface area contributed by atoms with Gasteiger partial charge in [0.25, 0.3) is 0 Å². The molecule has 106 valence electrons. The molecule has 0 unspecified atom stereocenters. The van der Waals surface area contributed by atoms with E-state index in [2.05, 4.69) is 4.98 Å². The third-order valence-corrected chi connectivity index (χ3v) is 3.55. The molecule has 1 aromatic heterocycles. The van der Waals surface area contributed by atoms with Crippen LogP contribution in [0.1, 0.15) is 13.2 Å². The number of hydrogen-bond donors (Lipinski definition) is 3. The van der Waals surface area contributed by atoms with Gasteiger partial charge in [0.2, 0.25) is 0 Å². The van der Waals surface area contributed by atoms with Crippen molar-refractivity contribution in [1.29, 1.82) is 0 Å². The SMILES string of the molecule is C[C@]1(CO)[C@H](F)[C@@H](n2ccc(N)nc2=O)O[C@@H]1CO. The molecule has 7 nitrogen and oxygen atoms in total. The van der Waals surface area contributed by atoms with E-state index in [1.165, 1.54) is 19.2 Å². The number of aromatic nitrogens is 2. The summed E-state index contributed by atoms with van der Waals surface area (Å²) in [4.78, 5) is 15.2. The fourth-order valence-corrected chi connectivity index (χ4v) is 2.16. The molecule has 0 bridgehead atoms. The van der Waals surface area contributed by atoms with Crippen LogP contribution in [0.15, 0.2) is 17.1 Å². The van der Waals surface area contributed by atoms with E-state index in [-0.39, 0.29) is 5.82 Å². The van der Waals surface area contributed by atoms with E-state index in [1.807, 2.05) is 0 Å². The van der Waals surface area contributed by atoms with Crippen LogP contribution in [0.3, 0.4) is 0 Å². The summed E-state index contributed by atoms with van der Waals surface area (Å²) in [5.74, 6) is 0.0262. The number of hydrogen-bond acceptors (Lipinski definition) is 6. The van der Waals surface area contributed by atoms with E-state index in [1.54, 1.807) is 0 Å². The molecule has 0 spiro atoms. The Morgan fingerprint density at radius 2 is 2.32 bits per heavy atom. The Morgan fingerprint density at radius 1 is 1.63 bits per heavy atom. The Hall–Kier alpha value is -1.51. The average Bonchev–Trinajstić information content (AvgIpc) is 2.63. The van der Waals surface area contributed by atoms with E-state index in [9.17, 15) is 19.4 Å². The molecule has 2 rings (SSSR count). The quantitative estimate of drug-likeness (QED) is 0.655. The Kier molecular flexibility index (Phi) is 3.57. The minimum atomic E-state index is -1.65. The molecular weight excluding hydrogens is 257 g/mol. The van der Waals surface area contributed by atoms with Crippen molar-refractivity contribution in [3.63, 3.8) is 0 Å². The summed E-state index contributed by atoms with van der Waals surface area (Å²) in [6.45, 7) is 0.493.